The Bertz CT molecular complexity index is 712. The zero-order valence-electron chi connectivity index (χ0n) is 14.3. The third-order valence-electron chi connectivity index (χ3n) is 3.20. The van der Waals surface area contributed by atoms with Gasteiger partial charge in [-0.25, -0.2) is 4.98 Å². The van der Waals surface area contributed by atoms with Gasteiger partial charge in [-0.3, -0.25) is 10.1 Å². The lowest BCUT2D eigenvalue weighted by Crippen LogP contribution is -2.25. The van der Waals surface area contributed by atoms with E-state index in [4.69, 9.17) is 0 Å². The molecule has 0 aliphatic carbocycles. The summed E-state index contributed by atoms with van der Waals surface area (Å²) in [6.45, 7) is 12.5. The molecule has 0 bridgehead atoms. The van der Waals surface area contributed by atoms with Crippen molar-refractivity contribution in [2.24, 2.45) is 5.41 Å². The highest BCUT2D eigenvalue weighted by molar-refractivity contribution is 5.99. The first-order valence-electron chi connectivity index (χ1n) is 7.56. The van der Waals surface area contributed by atoms with Crippen LogP contribution in [0.4, 0.5) is 5.95 Å². The molecule has 4 heteroatoms. The van der Waals surface area contributed by atoms with E-state index in [1.165, 1.54) is 0 Å². The summed E-state index contributed by atoms with van der Waals surface area (Å²) in [5, 5.41) is 2.91. The Morgan fingerprint density at radius 2 is 1.77 bits per heavy atom. The van der Waals surface area contributed by atoms with Crippen LogP contribution in [-0.2, 0) is 10.3 Å². The Balaban J connectivity index is 2.39. The smallest absolute Gasteiger partial charge is 0.250 e. The topological polar surface area (TPSA) is 46.9 Å². The third kappa shape index (κ3) is 3.75. The molecule has 118 valence electrons. The van der Waals surface area contributed by atoms with E-state index in [2.05, 4.69) is 56.4 Å². The lowest BCUT2D eigenvalue weighted by Gasteiger charge is -2.24. The van der Waals surface area contributed by atoms with E-state index < -0.39 is 0 Å². The fourth-order valence-corrected chi connectivity index (χ4v) is 2.27. The first-order chi connectivity index (χ1) is 10.1. The zero-order chi connectivity index (χ0) is 16.5. The Morgan fingerprint density at radius 3 is 2.36 bits per heavy atom. The summed E-state index contributed by atoms with van der Waals surface area (Å²) in [5.41, 5.74) is 1.70. The first kappa shape index (κ1) is 16.3. The number of allylic oxidation sites excluding steroid dienone is 1. The van der Waals surface area contributed by atoms with Gasteiger partial charge in [0.2, 0.25) is 11.9 Å². The van der Waals surface area contributed by atoms with Crippen molar-refractivity contribution in [3.63, 3.8) is 0 Å². The molecule has 0 fully saturated rings. The number of carbonyl (C=O) groups excluding carboxylic acids is 1. The van der Waals surface area contributed by atoms with Crippen molar-refractivity contribution in [2.75, 3.05) is 5.32 Å². The lowest BCUT2D eigenvalue weighted by atomic mass is 9.96. The maximum absolute atomic E-state index is 12.2. The predicted molar refractivity (Wildman–Crippen MR) is 92.0 cm³/mol. The minimum atomic E-state index is -0.174. The van der Waals surface area contributed by atoms with E-state index in [1.807, 2.05) is 30.3 Å². The van der Waals surface area contributed by atoms with Crippen molar-refractivity contribution in [1.29, 1.82) is 0 Å². The molecule has 0 saturated carbocycles. The Labute approximate surface area is 132 Å². The number of aromatic nitrogens is 2. The number of para-hydroxylation sites is 2. The molecule has 0 atom stereocenters. The molecule has 0 aliphatic rings. The molecule has 2 aromatic rings. The van der Waals surface area contributed by atoms with Gasteiger partial charge in [-0.1, -0.05) is 39.0 Å². The average Bonchev–Trinajstić information content (AvgIpc) is 2.73. The number of hydrogen-bond acceptors (Lipinski definition) is 2. The quantitative estimate of drug-likeness (QED) is 0.839. The predicted octanol–water partition coefficient (Wildman–Crippen LogP) is 4.33. The van der Waals surface area contributed by atoms with Crippen molar-refractivity contribution in [3.8, 4) is 0 Å². The summed E-state index contributed by atoms with van der Waals surface area (Å²) in [5.74, 6) is 0.424. The van der Waals surface area contributed by atoms with Crippen LogP contribution in [0.3, 0.4) is 0 Å². The lowest BCUT2D eigenvalue weighted by molar-refractivity contribution is -0.112. The number of anilines is 1. The van der Waals surface area contributed by atoms with Crippen molar-refractivity contribution < 1.29 is 4.79 Å². The van der Waals surface area contributed by atoms with Crippen molar-refractivity contribution >= 4 is 22.9 Å². The van der Waals surface area contributed by atoms with E-state index in [0.717, 1.165) is 11.0 Å². The Kier molecular flexibility index (Phi) is 4.14. The van der Waals surface area contributed by atoms with E-state index in [1.54, 1.807) is 6.08 Å². The van der Waals surface area contributed by atoms with Crippen LogP contribution in [0.15, 0.2) is 36.4 Å². The molecule has 0 spiro atoms. The van der Waals surface area contributed by atoms with Gasteiger partial charge in [0.15, 0.2) is 0 Å². The Morgan fingerprint density at radius 1 is 1.14 bits per heavy atom. The molecule has 1 aromatic heterocycles. The van der Waals surface area contributed by atoms with Gasteiger partial charge < -0.3 is 4.57 Å². The summed E-state index contributed by atoms with van der Waals surface area (Å²) in [6.07, 6.45) is 3.47. The van der Waals surface area contributed by atoms with Gasteiger partial charge in [-0.2, -0.15) is 0 Å². The highest BCUT2D eigenvalue weighted by Crippen LogP contribution is 2.27. The molecule has 0 radical (unpaired) electrons. The summed E-state index contributed by atoms with van der Waals surface area (Å²) in [6, 6.07) is 7.91. The van der Waals surface area contributed by atoms with Gasteiger partial charge in [0.05, 0.1) is 11.0 Å². The number of imidazole rings is 1. The number of hydrogen-bond donors (Lipinski definition) is 1. The number of amides is 1. The molecule has 1 heterocycles. The summed E-state index contributed by atoms with van der Waals surface area (Å²) >= 11 is 0. The maximum Gasteiger partial charge on any atom is 0.250 e. The standard InChI is InChI=1S/C18H25N3O/c1-17(2,3)12-11-15(22)20-16-19-13-9-7-8-10-14(13)21(16)18(4,5)6/h7-12H,1-6H3,(H,19,20,22)/b12-11+. The number of nitrogens with zero attached hydrogens (tertiary/aromatic N) is 2. The zero-order valence-corrected chi connectivity index (χ0v) is 14.3. The van der Waals surface area contributed by atoms with Crippen LogP contribution < -0.4 is 5.32 Å². The highest BCUT2D eigenvalue weighted by Gasteiger charge is 2.22. The minimum absolute atomic E-state index is 0.0263. The molecule has 22 heavy (non-hydrogen) atoms. The van der Waals surface area contributed by atoms with Crippen LogP contribution in [-0.4, -0.2) is 15.5 Å². The van der Waals surface area contributed by atoms with Gasteiger partial charge in [-0.15, -0.1) is 0 Å². The fourth-order valence-electron chi connectivity index (χ4n) is 2.27. The molecule has 1 aromatic carbocycles. The fraction of sp³-hybridized carbons (Fsp3) is 0.444. The van der Waals surface area contributed by atoms with Gasteiger partial charge in [0.25, 0.3) is 0 Å². The molecular weight excluding hydrogens is 274 g/mol. The molecule has 1 amide bonds. The Hall–Kier alpha value is -2.10. The molecule has 0 saturated heterocycles. The van der Waals surface area contributed by atoms with Crippen LogP contribution in [0.5, 0.6) is 0 Å². The van der Waals surface area contributed by atoms with E-state index in [0.29, 0.717) is 5.95 Å². The molecule has 2 rings (SSSR count). The molecule has 0 unspecified atom stereocenters. The molecular formula is C18H25N3O. The van der Waals surface area contributed by atoms with Gasteiger partial charge in [-0.05, 0) is 44.4 Å². The monoisotopic (exact) mass is 299 g/mol. The van der Waals surface area contributed by atoms with Gasteiger partial charge in [0, 0.05) is 5.54 Å². The number of fused-ring (bicyclic) bond motifs is 1. The number of carbonyl (C=O) groups is 1. The second-order valence-corrected chi connectivity index (χ2v) is 7.62. The first-order valence-corrected chi connectivity index (χ1v) is 7.56. The van der Waals surface area contributed by atoms with E-state index in [9.17, 15) is 4.79 Å². The second-order valence-electron chi connectivity index (χ2n) is 7.62. The van der Waals surface area contributed by atoms with Crippen LogP contribution >= 0.6 is 0 Å². The van der Waals surface area contributed by atoms with E-state index >= 15 is 0 Å². The normalized spacial score (nSPS) is 13.0. The molecule has 0 aliphatic heterocycles. The SMILES string of the molecule is CC(C)(C)/C=C/C(=O)Nc1nc2ccccc2n1C(C)(C)C. The average molecular weight is 299 g/mol. The maximum atomic E-state index is 12.2. The highest BCUT2D eigenvalue weighted by atomic mass is 16.1. The summed E-state index contributed by atoms with van der Waals surface area (Å²) < 4.78 is 2.06. The van der Waals surface area contributed by atoms with Crippen molar-refractivity contribution in [2.45, 2.75) is 47.1 Å². The van der Waals surface area contributed by atoms with Crippen molar-refractivity contribution in [1.82, 2.24) is 9.55 Å². The van der Waals surface area contributed by atoms with Crippen LogP contribution in [0, 0.1) is 5.41 Å². The summed E-state index contributed by atoms with van der Waals surface area (Å²) in [4.78, 5) is 16.7. The van der Waals surface area contributed by atoms with Crippen LogP contribution in [0.2, 0.25) is 0 Å². The number of rotatable bonds is 2. The second kappa shape index (κ2) is 5.59. The third-order valence-corrected chi connectivity index (χ3v) is 3.20. The molecule has 1 N–H and O–H groups in total. The largest absolute Gasteiger partial charge is 0.305 e. The minimum Gasteiger partial charge on any atom is -0.305 e. The van der Waals surface area contributed by atoms with E-state index in [-0.39, 0.29) is 16.9 Å². The molecule has 4 nitrogen and oxygen atoms in total. The van der Waals surface area contributed by atoms with Gasteiger partial charge in [0.1, 0.15) is 0 Å². The van der Waals surface area contributed by atoms with Crippen LogP contribution in [0.25, 0.3) is 11.0 Å². The van der Waals surface area contributed by atoms with Crippen molar-refractivity contribution in [3.05, 3.63) is 36.4 Å². The summed E-state index contributed by atoms with van der Waals surface area (Å²) in [7, 11) is 0. The van der Waals surface area contributed by atoms with Gasteiger partial charge >= 0.3 is 0 Å². The van der Waals surface area contributed by atoms with Crippen LogP contribution in [0.1, 0.15) is 41.5 Å². The number of nitrogens with one attached hydrogen (secondary N) is 1. The number of benzene rings is 1.